The second-order valence-corrected chi connectivity index (χ2v) is 6.16. The van der Waals surface area contributed by atoms with Crippen LogP contribution in [-0.4, -0.2) is 17.4 Å². The number of hydrogen-bond acceptors (Lipinski definition) is 5. The SMILES string of the molecule is N#Cc1ccc(NCC(=O)NCc2csc(C3CC3)n2)cc1. The summed E-state index contributed by atoms with van der Waals surface area (Å²) in [5.41, 5.74) is 2.35. The molecule has 0 atom stereocenters. The number of carbonyl (C=O) groups is 1. The van der Waals surface area contributed by atoms with Crippen LogP contribution in [0, 0.1) is 11.3 Å². The van der Waals surface area contributed by atoms with Gasteiger partial charge in [-0.15, -0.1) is 11.3 Å². The first-order chi connectivity index (χ1) is 10.7. The standard InChI is InChI=1S/C16H16N4OS/c17-7-11-1-5-13(6-2-11)18-9-15(21)19-8-14-10-22-16(20-14)12-3-4-12/h1-2,5-6,10,12,18H,3-4,8-9H2,(H,19,21). The Balaban J connectivity index is 1.42. The van der Waals surface area contributed by atoms with Crippen LogP contribution in [0.25, 0.3) is 0 Å². The van der Waals surface area contributed by atoms with Crippen molar-refractivity contribution >= 4 is 22.9 Å². The Kier molecular flexibility index (Phi) is 4.35. The fraction of sp³-hybridized carbons (Fsp3) is 0.312. The molecule has 22 heavy (non-hydrogen) atoms. The van der Waals surface area contributed by atoms with Gasteiger partial charge in [-0.25, -0.2) is 4.98 Å². The van der Waals surface area contributed by atoms with E-state index in [4.69, 9.17) is 5.26 Å². The van der Waals surface area contributed by atoms with E-state index in [1.54, 1.807) is 35.6 Å². The number of aromatic nitrogens is 1. The second-order valence-electron chi connectivity index (χ2n) is 5.27. The molecule has 0 unspecified atom stereocenters. The molecule has 3 rings (SSSR count). The van der Waals surface area contributed by atoms with Crippen molar-refractivity contribution in [2.24, 2.45) is 0 Å². The first kappa shape index (κ1) is 14.5. The van der Waals surface area contributed by atoms with Gasteiger partial charge in [-0.1, -0.05) is 0 Å². The molecule has 5 nitrogen and oxygen atoms in total. The molecule has 1 heterocycles. The zero-order valence-corrected chi connectivity index (χ0v) is 12.8. The van der Waals surface area contributed by atoms with Gasteiger partial charge in [0.15, 0.2) is 0 Å². The molecule has 112 valence electrons. The summed E-state index contributed by atoms with van der Waals surface area (Å²) in [6, 6.07) is 9.06. The molecule has 2 N–H and O–H groups in total. The first-order valence-corrected chi connectivity index (χ1v) is 8.07. The van der Waals surface area contributed by atoms with Gasteiger partial charge >= 0.3 is 0 Å². The van der Waals surface area contributed by atoms with E-state index in [0.717, 1.165) is 11.4 Å². The van der Waals surface area contributed by atoms with Crippen LogP contribution in [0.3, 0.4) is 0 Å². The third kappa shape index (κ3) is 3.83. The third-order valence-electron chi connectivity index (χ3n) is 3.43. The monoisotopic (exact) mass is 312 g/mol. The van der Waals surface area contributed by atoms with Gasteiger partial charge in [0.25, 0.3) is 0 Å². The maximum absolute atomic E-state index is 11.8. The van der Waals surface area contributed by atoms with Gasteiger partial charge in [0.2, 0.25) is 5.91 Å². The lowest BCUT2D eigenvalue weighted by atomic mass is 10.2. The van der Waals surface area contributed by atoms with Crippen molar-refractivity contribution in [2.75, 3.05) is 11.9 Å². The number of rotatable bonds is 6. The van der Waals surface area contributed by atoms with Crippen molar-refractivity contribution in [1.82, 2.24) is 10.3 Å². The van der Waals surface area contributed by atoms with E-state index in [0.29, 0.717) is 18.0 Å². The summed E-state index contributed by atoms with van der Waals surface area (Å²) in [7, 11) is 0. The van der Waals surface area contributed by atoms with Crippen LogP contribution in [0.15, 0.2) is 29.6 Å². The van der Waals surface area contributed by atoms with E-state index in [2.05, 4.69) is 21.7 Å². The Morgan fingerprint density at radius 2 is 2.14 bits per heavy atom. The van der Waals surface area contributed by atoms with Gasteiger partial charge < -0.3 is 10.6 Å². The molecule has 1 aromatic carbocycles. The number of nitriles is 1. The molecule has 0 spiro atoms. The normalized spacial score (nSPS) is 13.4. The van der Waals surface area contributed by atoms with Crippen LogP contribution in [-0.2, 0) is 11.3 Å². The zero-order valence-electron chi connectivity index (χ0n) is 12.0. The second kappa shape index (κ2) is 6.58. The molecule has 1 aliphatic rings. The number of nitrogens with zero attached hydrogens (tertiary/aromatic N) is 2. The number of amides is 1. The summed E-state index contributed by atoms with van der Waals surface area (Å²) in [5, 5.41) is 17.8. The number of hydrogen-bond donors (Lipinski definition) is 2. The molecule has 1 aromatic heterocycles. The summed E-state index contributed by atoms with van der Waals surface area (Å²) in [6.07, 6.45) is 2.49. The van der Waals surface area contributed by atoms with Crippen LogP contribution in [0.1, 0.15) is 35.0 Å². The van der Waals surface area contributed by atoms with E-state index < -0.39 is 0 Å². The number of anilines is 1. The minimum atomic E-state index is -0.0784. The molecule has 1 saturated carbocycles. The number of thiazole rings is 1. The molecule has 0 bridgehead atoms. The van der Waals surface area contributed by atoms with Crippen molar-refractivity contribution in [2.45, 2.75) is 25.3 Å². The smallest absolute Gasteiger partial charge is 0.239 e. The number of nitrogens with one attached hydrogen (secondary N) is 2. The third-order valence-corrected chi connectivity index (χ3v) is 4.49. The highest BCUT2D eigenvalue weighted by atomic mass is 32.1. The molecule has 1 aliphatic carbocycles. The van der Waals surface area contributed by atoms with Crippen molar-refractivity contribution in [3.63, 3.8) is 0 Å². The fourth-order valence-electron chi connectivity index (χ4n) is 2.02. The van der Waals surface area contributed by atoms with Crippen molar-refractivity contribution < 1.29 is 4.79 Å². The van der Waals surface area contributed by atoms with Gasteiger partial charge in [0, 0.05) is 17.0 Å². The van der Waals surface area contributed by atoms with Crippen LogP contribution in [0.5, 0.6) is 0 Å². The minimum Gasteiger partial charge on any atom is -0.376 e. The maximum Gasteiger partial charge on any atom is 0.239 e. The Bertz CT molecular complexity index is 698. The predicted molar refractivity (Wildman–Crippen MR) is 85.6 cm³/mol. The lowest BCUT2D eigenvalue weighted by molar-refractivity contribution is -0.119. The molecular formula is C16H16N4OS. The van der Waals surface area contributed by atoms with Crippen LogP contribution in [0.4, 0.5) is 5.69 Å². The first-order valence-electron chi connectivity index (χ1n) is 7.19. The predicted octanol–water partition coefficient (Wildman–Crippen LogP) is 2.62. The maximum atomic E-state index is 11.8. The number of benzene rings is 1. The Morgan fingerprint density at radius 1 is 1.36 bits per heavy atom. The van der Waals surface area contributed by atoms with E-state index >= 15 is 0 Å². The highest BCUT2D eigenvalue weighted by Crippen LogP contribution is 2.41. The summed E-state index contributed by atoms with van der Waals surface area (Å²) < 4.78 is 0. The topological polar surface area (TPSA) is 77.8 Å². The van der Waals surface area contributed by atoms with Crippen LogP contribution >= 0.6 is 11.3 Å². The quantitative estimate of drug-likeness (QED) is 0.859. The zero-order chi connectivity index (χ0) is 15.4. The fourth-order valence-corrected chi connectivity index (χ4v) is 3.01. The molecular weight excluding hydrogens is 296 g/mol. The highest BCUT2D eigenvalue weighted by molar-refractivity contribution is 7.09. The van der Waals surface area contributed by atoms with Gasteiger partial charge in [0.1, 0.15) is 0 Å². The van der Waals surface area contributed by atoms with Crippen molar-refractivity contribution in [3.8, 4) is 6.07 Å². The lowest BCUT2D eigenvalue weighted by Gasteiger charge is -2.06. The Labute approximate surface area is 133 Å². The molecule has 1 fully saturated rings. The van der Waals surface area contributed by atoms with Crippen molar-refractivity contribution in [1.29, 1.82) is 5.26 Å². The van der Waals surface area contributed by atoms with Crippen LogP contribution < -0.4 is 10.6 Å². The average molecular weight is 312 g/mol. The molecule has 0 saturated heterocycles. The summed E-state index contributed by atoms with van der Waals surface area (Å²) in [5.74, 6) is 0.581. The van der Waals surface area contributed by atoms with E-state index in [1.165, 1.54) is 17.8 Å². The molecule has 1 amide bonds. The molecule has 2 aromatic rings. The Morgan fingerprint density at radius 3 is 2.82 bits per heavy atom. The Hall–Kier alpha value is -2.39. The summed E-state index contributed by atoms with van der Waals surface area (Å²) >= 11 is 1.68. The van der Waals surface area contributed by atoms with Crippen molar-refractivity contribution in [3.05, 3.63) is 45.9 Å². The van der Waals surface area contributed by atoms with Crippen LogP contribution in [0.2, 0.25) is 0 Å². The largest absolute Gasteiger partial charge is 0.376 e. The van der Waals surface area contributed by atoms with E-state index in [9.17, 15) is 4.79 Å². The number of carbonyl (C=O) groups excluding carboxylic acids is 1. The van der Waals surface area contributed by atoms with E-state index in [1.807, 2.05) is 5.38 Å². The van der Waals surface area contributed by atoms with E-state index in [-0.39, 0.29) is 12.5 Å². The molecule has 6 heteroatoms. The molecule has 0 aliphatic heterocycles. The summed E-state index contributed by atoms with van der Waals surface area (Å²) in [6.45, 7) is 0.669. The minimum absolute atomic E-state index is 0.0784. The molecule has 0 radical (unpaired) electrons. The summed E-state index contributed by atoms with van der Waals surface area (Å²) in [4.78, 5) is 16.3. The highest BCUT2D eigenvalue weighted by Gasteiger charge is 2.26. The average Bonchev–Trinajstić information content (AvgIpc) is 3.30. The van der Waals surface area contributed by atoms with Gasteiger partial charge in [-0.3, -0.25) is 4.79 Å². The lowest BCUT2D eigenvalue weighted by Crippen LogP contribution is -2.29. The van der Waals surface area contributed by atoms with Gasteiger partial charge in [-0.05, 0) is 37.1 Å². The van der Waals surface area contributed by atoms with Gasteiger partial charge in [-0.2, -0.15) is 5.26 Å². The van der Waals surface area contributed by atoms with Gasteiger partial charge in [0.05, 0.1) is 35.4 Å².